The summed E-state index contributed by atoms with van der Waals surface area (Å²) in [6.07, 6.45) is 2.48. The van der Waals surface area contributed by atoms with Crippen molar-refractivity contribution < 1.29 is 13.2 Å². The zero-order valence-electron chi connectivity index (χ0n) is 11.7. The van der Waals surface area contributed by atoms with E-state index in [0.717, 1.165) is 0 Å². The fraction of sp³-hybridized carbons (Fsp3) is 0.231. The Labute approximate surface area is 123 Å². The number of anilines is 2. The average molecular weight is 308 g/mol. The van der Waals surface area contributed by atoms with Crippen molar-refractivity contribution in [1.82, 2.24) is 9.97 Å². The van der Waals surface area contributed by atoms with Gasteiger partial charge < -0.3 is 10.1 Å². The van der Waals surface area contributed by atoms with Crippen LogP contribution in [0, 0.1) is 0 Å². The van der Waals surface area contributed by atoms with Gasteiger partial charge in [0, 0.05) is 7.05 Å². The highest BCUT2D eigenvalue weighted by molar-refractivity contribution is 7.92. The van der Waals surface area contributed by atoms with E-state index in [-0.39, 0.29) is 4.90 Å². The van der Waals surface area contributed by atoms with E-state index in [9.17, 15) is 8.42 Å². The molecule has 0 unspecified atom stereocenters. The second-order valence-corrected chi connectivity index (χ2v) is 5.71. The van der Waals surface area contributed by atoms with Gasteiger partial charge in [-0.2, -0.15) is 0 Å². The van der Waals surface area contributed by atoms with Crippen LogP contribution in [0.25, 0.3) is 0 Å². The highest BCUT2D eigenvalue weighted by Crippen LogP contribution is 2.26. The molecule has 2 aromatic rings. The Morgan fingerprint density at radius 1 is 1.19 bits per heavy atom. The molecule has 0 aliphatic carbocycles. The van der Waals surface area contributed by atoms with Gasteiger partial charge in [0.25, 0.3) is 10.0 Å². The van der Waals surface area contributed by atoms with Crippen LogP contribution in [0.15, 0.2) is 41.6 Å². The molecule has 0 saturated heterocycles. The minimum atomic E-state index is -3.76. The van der Waals surface area contributed by atoms with Gasteiger partial charge in [-0.1, -0.05) is 12.1 Å². The first kappa shape index (κ1) is 15.0. The summed E-state index contributed by atoms with van der Waals surface area (Å²) in [5, 5.41) is 2.72. The molecule has 0 atom stereocenters. The summed E-state index contributed by atoms with van der Waals surface area (Å²) in [5.74, 6) is 0.819. The van der Waals surface area contributed by atoms with Gasteiger partial charge in [-0.25, -0.2) is 18.4 Å². The number of aromatic nitrogens is 2. The maximum absolute atomic E-state index is 12.3. The molecule has 0 bridgehead atoms. The van der Waals surface area contributed by atoms with Gasteiger partial charge in [0.1, 0.15) is 10.6 Å². The van der Waals surface area contributed by atoms with Crippen LogP contribution in [0.1, 0.15) is 6.92 Å². The highest BCUT2D eigenvalue weighted by Gasteiger charge is 2.17. The van der Waals surface area contributed by atoms with Gasteiger partial charge in [-0.05, 0) is 19.1 Å². The Bertz CT molecular complexity index is 702. The molecule has 1 aromatic heterocycles. The van der Waals surface area contributed by atoms with Crippen LogP contribution in [0.5, 0.6) is 5.75 Å². The molecule has 112 valence electrons. The summed E-state index contributed by atoms with van der Waals surface area (Å²) in [5.41, 5.74) is 0.372. The molecule has 0 aliphatic rings. The lowest BCUT2D eigenvalue weighted by molar-refractivity contribution is 0.342. The quantitative estimate of drug-likeness (QED) is 0.844. The summed E-state index contributed by atoms with van der Waals surface area (Å²) >= 11 is 0. The third-order valence-electron chi connectivity index (χ3n) is 2.59. The van der Waals surface area contributed by atoms with Crippen LogP contribution in [0.3, 0.4) is 0 Å². The van der Waals surface area contributed by atoms with Crippen molar-refractivity contribution in [3.05, 3.63) is 36.7 Å². The third kappa shape index (κ3) is 3.60. The van der Waals surface area contributed by atoms with Crippen LogP contribution < -0.4 is 14.8 Å². The van der Waals surface area contributed by atoms with Crippen molar-refractivity contribution in [1.29, 1.82) is 0 Å². The molecule has 1 heterocycles. The first-order chi connectivity index (χ1) is 10.1. The molecule has 0 radical (unpaired) electrons. The number of nitrogens with zero attached hydrogens (tertiary/aromatic N) is 2. The second-order valence-electron chi connectivity index (χ2n) is 4.03. The summed E-state index contributed by atoms with van der Waals surface area (Å²) in [4.78, 5) is 7.76. The molecule has 0 aliphatic heterocycles. The number of sulfonamides is 1. The Kier molecular flexibility index (Phi) is 4.59. The number of para-hydroxylation sites is 2. The second kappa shape index (κ2) is 6.40. The van der Waals surface area contributed by atoms with E-state index >= 15 is 0 Å². The van der Waals surface area contributed by atoms with E-state index in [2.05, 4.69) is 20.0 Å². The Hall–Kier alpha value is -2.35. The van der Waals surface area contributed by atoms with E-state index in [1.807, 2.05) is 6.92 Å². The number of ether oxygens (including phenoxy) is 1. The number of hydrogen-bond acceptors (Lipinski definition) is 6. The lowest BCUT2D eigenvalue weighted by Gasteiger charge is -2.12. The number of nitrogens with one attached hydrogen (secondary N) is 2. The molecule has 21 heavy (non-hydrogen) atoms. The van der Waals surface area contributed by atoms with Crippen LogP contribution >= 0.6 is 0 Å². The minimum Gasteiger partial charge on any atom is -0.492 e. The van der Waals surface area contributed by atoms with Crippen molar-refractivity contribution in [3.63, 3.8) is 0 Å². The zero-order chi connectivity index (χ0) is 15.3. The fourth-order valence-electron chi connectivity index (χ4n) is 1.62. The maximum atomic E-state index is 12.3. The third-order valence-corrected chi connectivity index (χ3v) is 3.91. The highest BCUT2D eigenvalue weighted by atomic mass is 32.2. The van der Waals surface area contributed by atoms with Gasteiger partial charge in [-0.3, -0.25) is 4.72 Å². The molecular weight excluding hydrogens is 292 g/mol. The fourth-order valence-corrected chi connectivity index (χ4v) is 2.58. The zero-order valence-corrected chi connectivity index (χ0v) is 12.5. The molecule has 0 spiro atoms. The van der Waals surface area contributed by atoms with Gasteiger partial charge in [-0.15, -0.1) is 0 Å². The molecule has 0 amide bonds. The SMILES string of the molecule is CCOc1ccccc1NS(=O)(=O)c1cnc(NC)nc1. The first-order valence-electron chi connectivity index (χ1n) is 6.31. The Morgan fingerprint density at radius 3 is 2.48 bits per heavy atom. The monoisotopic (exact) mass is 308 g/mol. The van der Waals surface area contributed by atoms with Gasteiger partial charge in [0.2, 0.25) is 5.95 Å². The predicted octanol–water partition coefficient (Wildman–Crippen LogP) is 1.72. The first-order valence-corrected chi connectivity index (χ1v) is 7.79. The van der Waals surface area contributed by atoms with Crippen LogP contribution in [-0.4, -0.2) is 32.0 Å². The van der Waals surface area contributed by atoms with E-state index in [0.29, 0.717) is 24.0 Å². The molecule has 1 aromatic carbocycles. The average Bonchev–Trinajstić information content (AvgIpc) is 2.49. The molecule has 2 rings (SSSR count). The van der Waals surface area contributed by atoms with Crippen molar-refractivity contribution >= 4 is 21.7 Å². The summed E-state index contributed by atoms with van der Waals surface area (Å²) in [7, 11) is -2.11. The largest absolute Gasteiger partial charge is 0.492 e. The van der Waals surface area contributed by atoms with Crippen LogP contribution in [0.4, 0.5) is 11.6 Å². The maximum Gasteiger partial charge on any atom is 0.265 e. The van der Waals surface area contributed by atoms with Gasteiger partial charge in [0.05, 0.1) is 24.7 Å². The molecule has 2 N–H and O–H groups in total. The standard InChI is InChI=1S/C13H16N4O3S/c1-3-20-12-7-5-4-6-11(12)17-21(18,19)10-8-15-13(14-2)16-9-10/h4-9,17H,3H2,1-2H3,(H,14,15,16). The Balaban J connectivity index is 2.28. The van der Waals surface area contributed by atoms with E-state index < -0.39 is 10.0 Å². The van der Waals surface area contributed by atoms with Gasteiger partial charge in [0.15, 0.2) is 0 Å². The lowest BCUT2D eigenvalue weighted by atomic mass is 10.3. The van der Waals surface area contributed by atoms with Crippen molar-refractivity contribution in [3.8, 4) is 5.75 Å². The van der Waals surface area contributed by atoms with Crippen molar-refractivity contribution in [2.75, 3.05) is 23.7 Å². The van der Waals surface area contributed by atoms with E-state index in [1.165, 1.54) is 12.4 Å². The van der Waals surface area contributed by atoms with E-state index in [4.69, 9.17) is 4.74 Å². The lowest BCUT2D eigenvalue weighted by Crippen LogP contribution is -2.14. The van der Waals surface area contributed by atoms with Gasteiger partial charge >= 0.3 is 0 Å². The normalized spacial score (nSPS) is 11.0. The summed E-state index contributed by atoms with van der Waals surface area (Å²) in [6.45, 7) is 2.27. The van der Waals surface area contributed by atoms with Crippen LogP contribution in [-0.2, 0) is 10.0 Å². The van der Waals surface area contributed by atoms with Crippen LogP contribution in [0.2, 0.25) is 0 Å². The Morgan fingerprint density at radius 2 is 1.86 bits per heavy atom. The number of hydrogen-bond donors (Lipinski definition) is 2. The molecule has 7 nitrogen and oxygen atoms in total. The topological polar surface area (TPSA) is 93.2 Å². The minimum absolute atomic E-state index is 0.0206. The van der Waals surface area contributed by atoms with E-state index in [1.54, 1.807) is 31.3 Å². The van der Waals surface area contributed by atoms with Crippen molar-refractivity contribution in [2.45, 2.75) is 11.8 Å². The summed E-state index contributed by atoms with van der Waals surface area (Å²) < 4.78 is 32.4. The molecular formula is C13H16N4O3S. The molecule has 8 heteroatoms. The number of benzene rings is 1. The number of rotatable bonds is 6. The summed E-state index contributed by atoms with van der Waals surface area (Å²) in [6, 6.07) is 6.82. The predicted molar refractivity (Wildman–Crippen MR) is 80.0 cm³/mol. The molecule has 0 fully saturated rings. The van der Waals surface area contributed by atoms with Crippen molar-refractivity contribution in [2.24, 2.45) is 0 Å². The molecule has 0 saturated carbocycles. The smallest absolute Gasteiger partial charge is 0.265 e.